The second-order valence-corrected chi connectivity index (χ2v) is 8.17. The monoisotopic (exact) mass is 569 g/mol. The third-order valence-electron chi connectivity index (χ3n) is 4.83. The first-order valence-corrected chi connectivity index (χ1v) is 13.7. The minimum atomic E-state index is -1.04. The van der Waals surface area contributed by atoms with Gasteiger partial charge in [-0.3, -0.25) is 10.1 Å². The van der Waals surface area contributed by atoms with Gasteiger partial charge < -0.3 is 34.9 Å². The van der Waals surface area contributed by atoms with Crippen LogP contribution in [0.15, 0.2) is 40.3 Å². The molecule has 40 heavy (non-hydrogen) atoms. The SMILES string of the molecule is CC.CCCCCCOC(/N=C/N(Cc1ccnc(N(C)CC)c1)CC(O)OCC)=N/C(N)=C\[N+](=O)[O-].COC. The zero-order valence-corrected chi connectivity index (χ0v) is 25.6. The number of hydrogen-bond acceptors (Lipinski definition) is 10. The topological polar surface area (TPSA) is 161 Å². The number of hydrogen-bond donors (Lipinski definition) is 2. The van der Waals surface area contributed by atoms with Gasteiger partial charge in [-0.2, -0.15) is 9.98 Å². The molecule has 0 aliphatic carbocycles. The number of methoxy groups -OCH3 is 1. The third kappa shape index (κ3) is 20.6. The number of aliphatic imine (C=N–C) groups is 2. The number of anilines is 1. The number of pyridine rings is 1. The quantitative estimate of drug-likeness (QED) is 0.0743. The van der Waals surface area contributed by atoms with E-state index in [2.05, 4.69) is 26.6 Å². The summed E-state index contributed by atoms with van der Waals surface area (Å²) in [5.41, 5.74) is 6.57. The largest absolute Gasteiger partial charge is 0.463 e. The molecule has 1 rings (SSSR count). The fourth-order valence-corrected chi connectivity index (χ4v) is 2.93. The van der Waals surface area contributed by atoms with Gasteiger partial charge in [-0.1, -0.05) is 40.0 Å². The summed E-state index contributed by atoms with van der Waals surface area (Å²) in [5.74, 6) is 0.487. The molecule has 1 aromatic heterocycles. The Morgan fingerprint density at radius 3 is 2.50 bits per heavy atom. The van der Waals surface area contributed by atoms with Gasteiger partial charge in [-0.15, -0.1) is 0 Å². The van der Waals surface area contributed by atoms with Crippen LogP contribution in [0.1, 0.15) is 65.9 Å². The number of nitrogens with two attached hydrogens (primary N) is 1. The highest BCUT2D eigenvalue weighted by Gasteiger charge is 2.12. The van der Waals surface area contributed by atoms with Crippen molar-refractivity contribution in [1.82, 2.24) is 9.88 Å². The number of rotatable bonds is 16. The fourth-order valence-electron chi connectivity index (χ4n) is 2.93. The Labute approximate surface area is 239 Å². The van der Waals surface area contributed by atoms with Crippen LogP contribution in [0, 0.1) is 10.1 Å². The molecule has 0 fully saturated rings. The Bertz CT molecular complexity index is 868. The maximum absolute atomic E-state index is 10.7. The van der Waals surface area contributed by atoms with Crippen LogP contribution in [-0.2, 0) is 20.8 Å². The summed E-state index contributed by atoms with van der Waals surface area (Å²) in [7, 11) is 5.20. The molecule has 0 radical (unpaired) electrons. The lowest BCUT2D eigenvalue weighted by Gasteiger charge is -2.23. The van der Waals surface area contributed by atoms with E-state index in [0.29, 0.717) is 26.0 Å². The first-order chi connectivity index (χ1) is 19.2. The molecular formula is C27H51N7O6. The number of aromatic nitrogens is 1. The molecule has 0 spiro atoms. The van der Waals surface area contributed by atoms with E-state index in [1.54, 1.807) is 32.2 Å². The molecule has 0 aromatic carbocycles. The van der Waals surface area contributed by atoms with Crippen LogP contribution in [0.3, 0.4) is 0 Å². The molecule has 1 heterocycles. The average molecular weight is 570 g/mol. The van der Waals surface area contributed by atoms with Crippen molar-refractivity contribution in [3.63, 3.8) is 0 Å². The minimum absolute atomic E-state index is 0.103. The summed E-state index contributed by atoms with van der Waals surface area (Å²) in [6.07, 6.45) is 6.65. The fraction of sp³-hybridized carbons (Fsp3) is 0.667. The molecule has 1 atom stereocenters. The molecule has 13 nitrogen and oxygen atoms in total. The number of amidine groups is 1. The van der Waals surface area contributed by atoms with Crippen molar-refractivity contribution in [1.29, 1.82) is 0 Å². The molecule has 1 aromatic rings. The minimum Gasteiger partial charge on any atom is -0.463 e. The van der Waals surface area contributed by atoms with Crippen molar-refractivity contribution in [2.75, 3.05) is 52.5 Å². The van der Waals surface area contributed by atoms with E-state index < -0.39 is 11.2 Å². The Balaban J connectivity index is 0. The lowest BCUT2D eigenvalue weighted by molar-refractivity contribution is -0.403. The molecular weight excluding hydrogens is 518 g/mol. The Hall–Kier alpha value is -3.29. The summed E-state index contributed by atoms with van der Waals surface area (Å²) < 4.78 is 15.2. The molecule has 0 amide bonds. The van der Waals surface area contributed by atoms with Gasteiger partial charge in [-0.05, 0) is 38.0 Å². The van der Waals surface area contributed by atoms with E-state index in [9.17, 15) is 15.2 Å². The van der Waals surface area contributed by atoms with Crippen LogP contribution < -0.4 is 10.6 Å². The Morgan fingerprint density at radius 1 is 1.25 bits per heavy atom. The smallest absolute Gasteiger partial charge is 0.319 e. The maximum Gasteiger partial charge on any atom is 0.319 e. The van der Waals surface area contributed by atoms with E-state index in [4.69, 9.17) is 15.2 Å². The first-order valence-electron chi connectivity index (χ1n) is 13.7. The van der Waals surface area contributed by atoms with Gasteiger partial charge in [0.05, 0.1) is 24.4 Å². The van der Waals surface area contributed by atoms with Crippen molar-refractivity contribution >= 4 is 18.2 Å². The van der Waals surface area contributed by atoms with Gasteiger partial charge in [-0.25, -0.2) is 4.98 Å². The number of nitro groups is 1. The average Bonchev–Trinajstić information content (AvgIpc) is 2.92. The molecule has 1 unspecified atom stereocenters. The maximum atomic E-state index is 10.7. The normalized spacial score (nSPS) is 12.1. The van der Waals surface area contributed by atoms with Crippen molar-refractivity contribution in [2.24, 2.45) is 15.7 Å². The highest BCUT2D eigenvalue weighted by Crippen LogP contribution is 2.13. The summed E-state index contributed by atoms with van der Waals surface area (Å²) in [5, 5.41) is 20.9. The predicted octanol–water partition coefficient (Wildman–Crippen LogP) is 4.00. The van der Waals surface area contributed by atoms with Crippen LogP contribution in [0.2, 0.25) is 0 Å². The van der Waals surface area contributed by atoms with Crippen LogP contribution >= 0.6 is 0 Å². The molecule has 0 aliphatic heterocycles. The third-order valence-corrected chi connectivity index (χ3v) is 4.83. The van der Waals surface area contributed by atoms with Crippen molar-refractivity contribution < 1.29 is 24.2 Å². The van der Waals surface area contributed by atoms with Crippen LogP contribution in [0.25, 0.3) is 0 Å². The van der Waals surface area contributed by atoms with Crippen molar-refractivity contribution in [3.8, 4) is 0 Å². The van der Waals surface area contributed by atoms with Crippen LogP contribution in [-0.4, -0.2) is 86.1 Å². The number of ether oxygens (including phenoxy) is 3. The highest BCUT2D eigenvalue weighted by atomic mass is 16.6. The van der Waals surface area contributed by atoms with Gasteiger partial charge in [0.1, 0.15) is 5.82 Å². The van der Waals surface area contributed by atoms with Gasteiger partial charge in [0, 0.05) is 47.2 Å². The second-order valence-electron chi connectivity index (χ2n) is 8.17. The summed E-state index contributed by atoms with van der Waals surface area (Å²) >= 11 is 0. The molecule has 3 N–H and O–H groups in total. The lowest BCUT2D eigenvalue weighted by Crippen LogP contribution is -2.33. The van der Waals surface area contributed by atoms with Crippen LogP contribution in [0.4, 0.5) is 5.82 Å². The Kier molecular flexibility index (Phi) is 25.2. The molecule has 230 valence electrons. The molecule has 0 aliphatic rings. The van der Waals surface area contributed by atoms with Crippen LogP contribution in [0.5, 0.6) is 0 Å². The van der Waals surface area contributed by atoms with E-state index >= 15 is 0 Å². The predicted molar refractivity (Wildman–Crippen MR) is 161 cm³/mol. The summed E-state index contributed by atoms with van der Waals surface area (Å²) in [4.78, 5) is 26.3. The lowest BCUT2D eigenvalue weighted by atomic mass is 10.2. The van der Waals surface area contributed by atoms with E-state index in [0.717, 1.165) is 43.6 Å². The number of nitrogens with zero attached hydrogens (tertiary/aromatic N) is 6. The van der Waals surface area contributed by atoms with E-state index in [-0.39, 0.29) is 18.4 Å². The van der Waals surface area contributed by atoms with E-state index in [1.165, 1.54) is 6.34 Å². The Morgan fingerprint density at radius 2 is 1.93 bits per heavy atom. The number of unbranched alkanes of at least 4 members (excludes halogenated alkanes) is 3. The zero-order valence-electron chi connectivity index (χ0n) is 25.6. The zero-order chi connectivity index (χ0) is 30.8. The van der Waals surface area contributed by atoms with E-state index in [1.807, 2.05) is 44.9 Å². The van der Waals surface area contributed by atoms with Crippen molar-refractivity contribution in [2.45, 2.75) is 73.1 Å². The van der Waals surface area contributed by atoms with Gasteiger partial charge in [0.25, 0.3) is 6.20 Å². The summed E-state index contributed by atoms with van der Waals surface area (Å²) in [6, 6.07) is 3.72. The van der Waals surface area contributed by atoms with Gasteiger partial charge in [0.15, 0.2) is 12.1 Å². The highest BCUT2D eigenvalue weighted by molar-refractivity contribution is 5.83. The number of aliphatic hydroxyl groups excluding tert-OH is 1. The number of aliphatic hydroxyl groups is 1. The standard InChI is InChI=1S/C23H39N7O5.C2H6O.C2H6/c1-5-8-9-10-13-35-23(27-20(24)16-30(32)33)26-18-29(17-22(31)34-7-3)15-19-11-12-25-21(14-19)28(4)6-2;1-3-2;1-2/h11-12,14,16,18,22,31H,5-10,13,15,17,24H2,1-4H3;1-2H3;1-2H3/b20-16-,26-18+,27-23+;;. The second kappa shape index (κ2) is 26.0. The summed E-state index contributed by atoms with van der Waals surface area (Å²) in [6.45, 7) is 12.0. The van der Waals surface area contributed by atoms with Gasteiger partial charge >= 0.3 is 6.02 Å². The first kappa shape index (κ1) is 38.9. The molecule has 0 saturated carbocycles. The molecule has 0 saturated heterocycles. The van der Waals surface area contributed by atoms with Gasteiger partial charge in [0.2, 0.25) is 0 Å². The van der Waals surface area contributed by atoms with Crippen molar-refractivity contribution in [3.05, 3.63) is 46.0 Å². The molecule has 13 heteroatoms. The molecule has 0 bridgehead atoms.